The van der Waals surface area contributed by atoms with Gasteiger partial charge in [-0.25, -0.2) is 0 Å². The average molecular weight is 195 g/mol. The SMILES string of the molecule is CCCCc1ccnc([N+](=O)[O-])c1N. The van der Waals surface area contributed by atoms with Crippen molar-refractivity contribution < 1.29 is 4.92 Å². The highest BCUT2D eigenvalue weighted by Crippen LogP contribution is 2.23. The van der Waals surface area contributed by atoms with Crippen LogP contribution in [0, 0.1) is 10.1 Å². The fourth-order valence-corrected chi connectivity index (χ4v) is 1.23. The molecule has 5 heteroatoms. The second-order valence-electron chi connectivity index (χ2n) is 3.07. The summed E-state index contributed by atoms with van der Waals surface area (Å²) < 4.78 is 0. The van der Waals surface area contributed by atoms with Crippen LogP contribution in [-0.4, -0.2) is 9.91 Å². The third-order valence-corrected chi connectivity index (χ3v) is 2.03. The fraction of sp³-hybridized carbons (Fsp3) is 0.444. The zero-order valence-corrected chi connectivity index (χ0v) is 8.06. The van der Waals surface area contributed by atoms with Crippen LogP contribution < -0.4 is 5.73 Å². The Bertz CT molecular complexity index is 339. The number of hydrogen-bond donors (Lipinski definition) is 1. The lowest BCUT2D eigenvalue weighted by molar-refractivity contribution is -0.388. The molecule has 0 amide bonds. The number of rotatable bonds is 4. The van der Waals surface area contributed by atoms with Crippen LogP contribution in [0.25, 0.3) is 0 Å². The monoisotopic (exact) mass is 195 g/mol. The van der Waals surface area contributed by atoms with Gasteiger partial charge in [0, 0.05) is 0 Å². The summed E-state index contributed by atoms with van der Waals surface area (Å²) in [4.78, 5) is 13.6. The van der Waals surface area contributed by atoms with Gasteiger partial charge in [-0.2, -0.15) is 0 Å². The van der Waals surface area contributed by atoms with Crippen LogP contribution in [0.15, 0.2) is 12.3 Å². The van der Waals surface area contributed by atoms with E-state index in [1.807, 2.05) is 0 Å². The van der Waals surface area contributed by atoms with Gasteiger partial charge in [-0.1, -0.05) is 13.3 Å². The second kappa shape index (κ2) is 4.55. The van der Waals surface area contributed by atoms with E-state index in [0.717, 1.165) is 24.8 Å². The highest BCUT2D eigenvalue weighted by Gasteiger charge is 2.15. The third kappa shape index (κ3) is 2.18. The van der Waals surface area contributed by atoms with Crippen molar-refractivity contribution in [3.05, 3.63) is 27.9 Å². The molecule has 0 fully saturated rings. The van der Waals surface area contributed by atoms with Crippen LogP contribution in [0.4, 0.5) is 11.5 Å². The Labute approximate surface area is 82.1 Å². The molecular formula is C9H13N3O2. The smallest absolute Gasteiger partial charge is 0.386 e. The summed E-state index contributed by atoms with van der Waals surface area (Å²) in [6.45, 7) is 2.06. The van der Waals surface area contributed by atoms with E-state index < -0.39 is 4.92 Å². The quantitative estimate of drug-likeness (QED) is 0.587. The van der Waals surface area contributed by atoms with Crippen molar-refractivity contribution in [2.45, 2.75) is 26.2 Å². The van der Waals surface area contributed by atoms with E-state index in [2.05, 4.69) is 11.9 Å². The predicted molar refractivity (Wildman–Crippen MR) is 53.9 cm³/mol. The van der Waals surface area contributed by atoms with Crippen molar-refractivity contribution in [3.63, 3.8) is 0 Å². The van der Waals surface area contributed by atoms with E-state index in [1.165, 1.54) is 6.20 Å². The van der Waals surface area contributed by atoms with Gasteiger partial charge in [-0.05, 0) is 34.4 Å². The molecule has 1 aromatic heterocycles. The molecule has 0 atom stereocenters. The Morgan fingerprint density at radius 1 is 1.64 bits per heavy atom. The number of nitrogens with zero attached hydrogens (tertiary/aromatic N) is 2. The summed E-state index contributed by atoms with van der Waals surface area (Å²) in [5.41, 5.74) is 6.63. The van der Waals surface area contributed by atoms with Gasteiger partial charge in [0.2, 0.25) is 0 Å². The third-order valence-electron chi connectivity index (χ3n) is 2.03. The molecule has 1 heterocycles. The second-order valence-corrected chi connectivity index (χ2v) is 3.07. The molecule has 0 aliphatic heterocycles. The molecule has 0 bridgehead atoms. The summed E-state index contributed by atoms with van der Waals surface area (Å²) in [7, 11) is 0. The van der Waals surface area contributed by atoms with Crippen molar-refractivity contribution in [2.24, 2.45) is 0 Å². The number of pyridine rings is 1. The Morgan fingerprint density at radius 3 is 2.93 bits per heavy atom. The number of nitrogens with two attached hydrogens (primary N) is 1. The highest BCUT2D eigenvalue weighted by molar-refractivity contribution is 5.58. The van der Waals surface area contributed by atoms with Crippen LogP contribution in [0.1, 0.15) is 25.3 Å². The van der Waals surface area contributed by atoms with Crippen LogP contribution in [0.5, 0.6) is 0 Å². The van der Waals surface area contributed by atoms with Crippen LogP contribution in [0.2, 0.25) is 0 Å². The minimum atomic E-state index is -0.551. The van der Waals surface area contributed by atoms with Gasteiger partial charge in [0.15, 0.2) is 0 Å². The molecule has 0 aliphatic rings. The van der Waals surface area contributed by atoms with Crippen molar-refractivity contribution in [1.82, 2.24) is 4.98 Å². The number of nitrogen functional groups attached to an aromatic ring is 1. The van der Waals surface area contributed by atoms with E-state index >= 15 is 0 Å². The summed E-state index contributed by atoms with van der Waals surface area (Å²) in [5.74, 6) is -0.237. The number of aryl methyl sites for hydroxylation is 1. The number of unbranched alkanes of at least 4 members (excludes halogenated alkanes) is 1. The Hall–Kier alpha value is -1.65. The van der Waals surface area contributed by atoms with Crippen LogP contribution >= 0.6 is 0 Å². The lowest BCUT2D eigenvalue weighted by Gasteiger charge is -2.03. The zero-order valence-electron chi connectivity index (χ0n) is 8.06. The van der Waals surface area contributed by atoms with Crippen LogP contribution in [-0.2, 0) is 6.42 Å². The van der Waals surface area contributed by atoms with Gasteiger partial charge in [-0.15, -0.1) is 0 Å². The van der Waals surface area contributed by atoms with Gasteiger partial charge < -0.3 is 15.8 Å². The molecule has 0 unspecified atom stereocenters. The minimum absolute atomic E-state index is 0.200. The van der Waals surface area contributed by atoms with E-state index in [4.69, 9.17) is 5.73 Å². The van der Waals surface area contributed by atoms with E-state index in [0.29, 0.717) is 0 Å². The molecule has 0 aromatic carbocycles. The first kappa shape index (κ1) is 10.4. The van der Waals surface area contributed by atoms with Gasteiger partial charge in [0.1, 0.15) is 11.9 Å². The summed E-state index contributed by atoms with van der Waals surface area (Å²) in [6.07, 6.45) is 4.21. The molecule has 14 heavy (non-hydrogen) atoms. The topological polar surface area (TPSA) is 82.0 Å². The molecule has 1 aromatic rings. The van der Waals surface area contributed by atoms with E-state index in [1.54, 1.807) is 6.07 Å². The largest absolute Gasteiger partial charge is 0.392 e. The first-order chi connectivity index (χ1) is 6.66. The Balaban J connectivity index is 2.95. The molecule has 0 saturated carbocycles. The van der Waals surface area contributed by atoms with E-state index in [-0.39, 0.29) is 11.5 Å². The Morgan fingerprint density at radius 2 is 2.36 bits per heavy atom. The number of aromatic nitrogens is 1. The van der Waals surface area contributed by atoms with E-state index in [9.17, 15) is 10.1 Å². The average Bonchev–Trinajstić information content (AvgIpc) is 2.16. The maximum atomic E-state index is 10.5. The predicted octanol–water partition coefficient (Wildman–Crippen LogP) is 1.91. The minimum Gasteiger partial charge on any atom is -0.392 e. The Kier molecular flexibility index (Phi) is 3.39. The van der Waals surface area contributed by atoms with Gasteiger partial charge in [-0.3, -0.25) is 0 Å². The molecule has 0 saturated heterocycles. The molecule has 76 valence electrons. The molecule has 0 aliphatic carbocycles. The number of nitro groups is 1. The molecule has 5 nitrogen and oxygen atoms in total. The lowest BCUT2D eigenvalue weighted by Crippen LogP contribution is -2.02. The van der Waals surface area contributed by atoms with Crippen molar-refractivity contribution >= 4 is 11.5 Å². The fourth-order valence-electron chi connectivity index (χ4n) is 1.23. The standard InChI is InChI=1S/C9H13N3O2/c1-2-3-4-7-5-6-11-9(8(7)10)12(13)14/h5-6H,2-4,10H2,1H3. The summed E-state index contributed by atoms with van der Waals surface area (Å²) >= 11 is 0. The maximum Gasteiger partial charge on any atom is 0.386 e. The first-order valence-corrected chi connectivity index (χ1v) is 4.54. The van der Waals surface area contributed by atoms with Crippen LogP contribution in [0.3, 0.4) is 0 Å². The van der Waals surface area contributed by atoms with Gasteiger partial charge >= 0.3 is 5.82 Å². The van der Waals surface area contributed by atoms with Gasteiger partial charge in [0.25, 0.3) is 0 Å². The number of hydrogen-bond acceptors (Lipinski definition) is 4. The normalized spacial score (nSPS) is 10.1. The molecule has 1 rings (SSSR count). The molecule has 0 radical (unpaired) electrons. The maximum absolute atomic E-state index is 10.5. The lowest BCUT2D eigenvalue weighted by atomic mass is 10.1. The van der Waals surface area contributed by atoms with Gasteiger partial charge in [0.05, 0.1) is 0 Å². The number of anilines is 1. The summed E-state index contributed by atoms with van der Waals surface area (Å²) in [5, 5.41) is 10.5. The van der Waals surface area contributed by atoms with Crippen molar-refractivity contribution in [3.8, 4) is 0 Å². The molecule has 0 spiro atoms. The summed E-state index contributed by atoms with van der Waals surface area (Å²) in [6, 6.07) is 1.73. The highest BCUT2D eigenvalue weighted by atomic mass is 16.6. The first-order valence-electron chi connectivity index (χ1n) is 4.54. The van der Waals surface area contributed by atoms with Crippen molar-refractivity contribution in [1.29, 1.82) is 0 Å². The van der Waals surface area contributed by atoms with Crippen molar-refractivity contribution in [2.75, 3.05) is 5.73 Å². The molecular weight excluding hydrogens is 182 g/mol. The molecule has 2 N–H and O–H groups in total. The zero-order chi connectivity index (χ0) is 10.6.